The van der Waals surface area contributed by atoms with Gasteiger partial charge in [-0.1, -0.05) is 11.6 Å². The van der Waals surface area contributed by atoms with E-state index < -0.39 is 11.7 Å². The molecule has 3 rings (SSSR count). The van der Waals surface area contributed by atoms with Crippen LogP contribution in [-0.4, -0.2) is 21.1 Å². The highest BCUT2D eigenvalue weighted by molar-refractivity contribution is 6.30. The number of H-pyrrole nitrogens is 1. The normalized spacial score (nSPS) is 10.8. The zero-order valence-electron chi connectivity index (χ0n) is 10.5. The maximum atomic E-state index is 13.3. The van der Waals surface area contributed by atoms with Crippen LogP contribution in [0.2, 0.25) is 5.15 Å². The van der Waals surface area contributed by atoms with Crippen molar-refractivity contribution in [3.05, 3.63) is 46.9 Å². The third kappa shape index (κ3) is 2.63. The van der Waals surface area contributed by atoms with Crippen LogP contribution in [0.3, 0.4) is 0 Å². The van der Waals surface area contributed by atoms with E-state index in [4.69, 9.17) is 17.3 Å². The zero-order chi connectivity index (χ0) is 15.0. The van der Waals surface area contributed by atoms with E-state index in [0.29, 0.717) is 10.9 Å². The molecule has 8 heteroatoms. The van der Waals surface area contributed by atoms with Crippen LogP contribution in [0.1, 0.15) is 10.4 Å². The molecule has 21 heavy (non-hydrogen) atoms. The van der Waals surface area contributed by atoms with Gasteiger partial charge in [0, 0.05) is 10.9 Å². The molecule has 0 aliphatic rings. The van der Waals surface area contributed by atoms with Gasteiger partial charge >= 0.3 is 0 Å². The number of aromatic nitrogens is 3. The lowest BCUT2D eigenvalue weighted by atomic mass is 10.2. The minimum Gasteiger partial charge on any atom is -0.384 e. The van der Waals surface area contributed by atoms with Gasteiger partial charge < -0.3 is 11.1 Å². The molecular formula is C13H9ClFN5O. The average molecular weight is 306 g/mol. The Morgan fingerprint density at radius 2 is 2.14 bits per heavy atom. The molecule has 106 valence electrons. The number of nitrogens with zero attached hydrogens (tertiary/aromatic N) is 2. The zero-order valence-corrected chi connectivity index (χ0v) is 11.3. The summed E-state index contributed by atoms with van der Waals surface area (Å²) < 4.78 is 13.3. The van der Waals surface area contributed by atoms with E-state index in [2.05, 4.69) is 20.5 Å². The maximum Gasteiger partial charge on any atom is 0.257 e. The first-order valence-corrected chi connectivity index (χ1v) is 6.29. The number of nitrogens with one attached hydrogen (secondary N) is 2. The molecule has 6 nitrogen and oxygen atoms in total. The van der Waals surface area contributed by atoms with Crippen molar-refractivity contribution in [2.24, 2.45) is 0 Å². The highest BCUT2D eigenvalue weighted by atomic mass is 35.5. The van der Waals surface area contributed by atoms with Crippen LogP contribution in [-0.2, 0) is 0 Å². The minimum absolute atomic E-state index is 0.109. The lowest BCUT2D eigenvalue weighted by Gasteiger charge is -2.04. The molecule has 2 heterocycles. The predicted octanol–water partition coefficient (Wildman–Crippen LogP) is 2.58. The Morgan fingerprint density at radius 3 is 2.90 bits per heavy atom. The molecule has 0 aliphatic carbocycles. The number of carbonyl (C=O) groups excluding carboxylic acids is 1. The number of carbonyl (C=O) groups is 1. The van der Waals surface area contributed by atoms with Crippen LogP contribution in [0, 0.1) is 5.82 Å². The summed E-state index contributed by atoms with van der Waals surface area (Å²) >= 11 is 5.75. The lowest BCUT2D eigenvalue weighted by molar-refractivity contribution is 0.102. The van der Waals surface area contributed by atoms with Crippen molar-refractivity contribution in [2.75, 3.05) is 11.1 Å². The topological polar surface area (TPSA) is 96.7 Å². The Labute approximate surface area is 123 Å². The smallest absolute Gasteiger partial charge is 0.257 e. The van der Waals surface area contributed by atoms with Crippen LogP contribution in [0.4, 0.5) is 16.0 Å². The van der Waals surface area contributed by atoms with Crippen LogP contribution < -0.4 is 11.1 Å². The lowest BCUT2D eigenvalue weighted by Crippen LogP contribution is -2.13. The minimum atomic E-state index is -0.469. The monoisotopic (exact) mass is 305 g/mol. The fourth-order valence-electron chi connectivity index (χ4n) is 1.91. The van der Waals surface area contributed by atoms with Crippen LogP contribution in [0.5, 0.6) is 0 Å². The van der Waals surface area contributed by atoms with Crippen LogP contribution in [0.15, 0.2) is 30.3 Å². The van der Waals surface area contributed by atoms with Gasteiger partial charge in [0.15, 0.2) is 5.82 Å². The Hall–Kier alpha value is -2.67. The summed E-state index contributed by atoms with van der Waals surface area (Å²) in [6, 6.07) is 6.88. The van der Waals surface area contributed by atoms with Gasteiger partial charge in [0.2, 0.25) is 0 Å². The van der Waals surface area contributed by atoms with Crippen molar-refractivity contribution in [3.8, 4) is 0 Å². The summed E-state index contributed by atoms with van der Waals surface area (Å²) in [7, 11) is 0. The summed E-state index contributed by atoms with van der Waals surface area (Å²) in [4.78, 5) is 15.9. The van der Waals surface area contributed by atoms with Crippen LogP contribution >= 0.6 is 11.6 Å². The Morgan fingerprint density at radius 1 is 1.33 bits per heavy atom. The Balaban J connectivity index is 1.94. The molecule has 0 fully saturated rings. The first-order valence-electron chi connectivity index (χ1n) is 5.91. The Kier molecular flexibility index (Phi) is 3.19. The molecule has 2 aromatic heterocycles. The second-order valence-corrected chi connectivity index (χ2v) is 4.71. The van der Waals surface area contributed by atoms with E-state index in [1.165, 1.54) is 30.3 Å². The number of fused-ring (bicyclic) bond motifs is 1. The quantitative estimate of drug-likeness (QED) is 0.634. The summed E-state index contributed by atoms with van der Waals surface area (Å²) in [6.07, 6.45) is 0. The number of halogens is 2. The molecule has 0 radical (unpaired) electrons. The van der Waals surface area contributed by atoms with Gasteiger partial charge in [-0.3, -0.25) is 9.89 Å². The molecule has 0 aliphatic heterocycles. The number of amides is 1. The molecule has 0 atom stereocenters. The standard InChI is InChI=1S/C13H9ClFN5O/c14-10-3-6(4-11(16)17-10)13(21)18-12-8-5-7(15)1-2-9(8)19-20-12/h1-5H,(H2,16,17)(H2,18,19,20,21). The third-order valence-corrected chi connectivity index (χ3v) is 3.03. The van der Waals surface area contributed by atoms with E-state index in [0.717, 1.165) is 0 Å². The van der Waals surface area contributed by atoms with E-state index in [-0.39, 0.29) is 22.4 Å². The fraction of sp³-hybridized carbons (Fsp3) is 0. The third-order valence-electron chi connectivity index (χ3n) is 2.83. The number of hydrogen-bond donors (Lipinski definition) is 3. The molecule has 0 saturated carbocycles. The number of aromatic amines is 1. The van der Waals surface area contributed by atoms with Crippen molar-refractivity contribution in [1.29, 1.82) is 0 Å². The van der Waals surface area contributed by atoms with Gasteiger partial charge in [0.05, 0.1) is 5.52 Å². The average Bonchev–Trinajstić information content (AvgIpc) is 2.80. The molecule has 1 amide bonds. The number of anilines is 2. The SMILES string of the molecule is Nc1cc(C(=O)Nc2n[nH]c3ccc(F)cc23)cc(Cl)n1. The first kappa shape index (κ1) is 13.3. The summed E-state index contributed by atoms with van der Waals surface area (Å²) in [5, 5.41) is 9.79. The van der Waals surface area contributed by atoms with E-state index >= 15 is 0 Å². The molecule has 3 aromatic rings. The Bertz CT molecular complexity index is 827. The molecule has 0 spiro atoms. The number of pyridine rings is 1. The maximum absolute atomic E-state index is 13.3. The number of nitrogens with two attached hydrogens (primary N) is 1. The number of nitrogen functional groups attached to an aromatic ring is 1. The molecule has 1 aromatic carbocycles. The second-order valence-electron chi connectivity index (χ2n) is 4.32. The van der Waals surface area contributed by atoms with E-state index in [1.807, 2.05) is 0 Å². The molecule has 0 unspecified atom stereocenters. The van der Waals surface area contributed by atoms with Gasteiger partial charge in [-0.25, -0.2) is 9.37 Å². The van der Waals surface area contributed by atoms with Crippen molar-refractivity contribution in [3.63, 3.8) is 0 Å². The highest BCUT2D eigenvalue weighted by Crippen LogP contribution is 2.22. The van der Waals surface area contributed by atoms with Crippen molar-refractivity contribution in [1.82, 2.24) is 15.2 Å². The van der Waals surface area contributed by atoms with Gasteiger partial charge in [-0.05, 0) is 30.3 Å². The van der Waals surface area contributed by atoms with Gasteiger partial charge in [0.25, 0.3) is 5.91 Å². The van der Waals surface area contributed by atoms with Crippen molar-refractivity contribution in [2.45, 2.75) is 0 Å². The number of benzene rings is 1. The first-order chi connectivity index (χ1) is 10.0. The molecule has 4 N–H and O–H groups in total. The van der Waals surface area contributed by atoms with E-state index in [9.17, 15) is 9.18 Å². The summed E-state index contributed by atoms with van der Waals surface area (Å²) in [5.74, 6) is -0.536. The summed E-state index contributed by atoms with van der Waals surface area (Å²) in [5.41, 5.74) is 6.38. The van der Waals surface area contributed by atoms with Gasteiger partial charge in [0.1, 0.15) is 16.8 Å². The second kappa shape index (κ2) is 5.02. The molecule has 0 bridgehead atoms. The summed E-state index contributed by atoms with van der Waals surface area (Å²) in [6.45, 7) is 0. The van der Waals surface area contributed by atoms with Gasteiger partial charge in [-0.15, -0.1) is 0 Å². The fourth-order valence-corrected chi connectivity index (χ4v) is 2.12. The predicted molar refractivity (Wildman–Crippen MR) is 77.7 cm³/mol. The van der Waals surface area contributed by atoms with Gasteiger partial charge in [-0.2, -0.15) is 5.10 Å². The highest BCUT2D eigenvalue weighted by Gasteiger charge is 2.13. The van der Waals surface area contributed by atoms with Crippen LogP contribution in [0.25, 0.3) is 10.9 Å². The van der Waals surface area contributed by atoms with Crippen molar-refractivity contribution >= 4 is 40.0 Å². The van der Waals surface area contributed by atoms with Crippen molar-refractivity contribution < 1.29 is 9.18 Å². The largest absolute Gasteiger partial charge is 0.384 e. The molecule has 0 saturated heterocycles. The molecular weight excluding hydrogens is 297 g/mol. The number of hydrogen-bond acceptors (Lipinski definition) is 4. The number of rotatable bonds is 2. The van der Waals surface area contributed by atoms with E-state index in [1.54, 1.807) is 0 Å².